The van der Waals surface area contributed by atoms with Crippen molar-refractivity contribution < 1.29 is 0 Å². The van der Waals surface area contributed by atoms with Gasteiger partial charge in [0.2, 0.25) is 0 Å². The largest absolute Gasteiger partial charge is 0.309 e. The van der Waals surface area contributed by atoms with Crippen LogP contribution < -0.4 is 4.90 Å². The van der Waals surface area contributed by atoms with Gasteiger partial charge in [0.05, 0.1) is 15.8 Å². The van der Waals surface area contributed by atoms with Crippen molar-refractivity contribution in [2.24, 2.45) is 0 Å². The topological polar surface area (TPSA) is 3.24 Å². The Balaban J connectivity index is 0.978. The molecule has 0 bridgehead atoms. The van der Waals surface area contributed by atoms with Gasteiger partial charge in [-0.05, 0) is 110 Å². The minimum Gasteiger partial charge on any atom is -0.309 e. The SMILES string of the molecule is CC1(C)c2ccccc2C2(c3ccccc3-c3ccc(-c4ccc(N(c5ccc6c(c5)C5C=CC=CC5S6)c5cccc6c5sc5ccccc56)cc4)cc32)c2ccccc21. The minimum absolute atomic E-state index is 0.126. The Labute approximate surface area is 365 Å². The molecule has 2 heterocycles. The van der Waals surface area contributed by atoms with Crippen molar-refractivity contribution in [2.45, 2.75) is 40.7 Å². The fourth-order valence-corrected chi connectivity index (χ4v) is 13.9. The van der Waals surface area contributed by atoms with Gasteiger partial charge in [-0.3, -0.25) is 0 Å². The van der Waals surface area contributed by atoms with Gasteiger partial charge in [0.1, 0.15) is 0 Å². The third kappa shape index (κ3) is 4.91. The zero-order valence-corrected chi connectivity index (χ0v) is 35.6. The summed E-state index contributed by atoms with van der Waals surface area (Å²) in [5.41, 5.74) is 17.8. The summed E-state index contributed by atoms with van der Waals surface area (Å²) in [5.74, 6) is 0.387. The fraction of sp³-hybridized carbons (Fsp3) is 0.103. The van der Waals surface area contributed by atoms with Crippen molar-refractivity contribution in [1.82, 2.24) is 0 Å². The number of rotatable bonds is 4. The van der Waals surface area contributed by atoms with E-state index in [0.717, 1.165) is 5.69 Å². The molecule has 0 N–H and O–H groups in total. The molecule has 0 fully saturated rings. The number of nitrogens with zero attached hydrogens (tertiary/aromatic N) is 1. The second kappa shape index (κ2) is 13.1. The van der Waals surface area contributed by atoms with Crippen molar-refractivity contribution in [3.05, 3.63) is 239 Å². The van der Waals surface area contributed by atoms with Crippen LogP contribution in [-0.2, 0) is 10.8 Å². The molecule has 13 rings (SSSR count). The molecule has 9 aromatic rings. The first-order valence-electron chi connectivity index (χ1n) is 21.4. The van der Waals surface area contributed by atoms with Crippen molar-refractivity contribution in [3.63, 3.8) is 0 Å². The molecule has 2 unspecified atom stereocenters. The molecule has 1 aromatic heterocycles. The van der Waals surface area contributed by atoms with Gasteiger partial charge in [0.15, 0.2) is 0 Å². The number of fused-ring (bicyclic) bond motifs is 15. The highest BCUT2D eigenvalue weighted by Crippen LogP contribution is 2.62. The summed E-state index contributed by atoms with van der Waals surface area (Å²) in [5, 5.41) is 3.07. The van der Waals surface area contributed by atoms with Gasteiger partial charge in [-0.15, -0.1) is 23.1 Å². The van der Waals surface area contributed by atoms with Gasteiger partial charge in [-0.25, -0.2) is 0 Å². The Bertz CT molecular complexity index is 3290. The zero-order valence-electron chi connectivity index (χ0n) is 34.0. The Morgan fingerprint density at radius 2 is 1.13 bits per heavy atom. The Morgan fingerprint density at radius 3 is 1.93 bits per heavy atom. The van der Waals surface area contributed by atoms with Crippen molar-refractivity contribution in [2.75, 3.05) is 4.90 Å². The van der Waals surface area contributed by atoms with Crippen LogP contribution in [0.5, 0.6) is 0 Å². The molecule has 4 aliphatic rings. The zero-order chi connectivity index (χ0) is 40.5. The first-order valence-corrected chi connectivity index (χ1v) is 23.1. The lowest BCUT2D eigenvalue weighted by molar-refractivity contribution is 0.563. The Hall–Kier alpha value is -6.39. The summed E-state index contributed by atoms with van der Waals surface area (Å²) in [6, 6.07) is 66.9. The second-order valence-corrected chi connectivity index (χ2v) is 19.8. The lowest BCUT2D eigenvalue weighted by Crippen LogP contribution is -2.40. The predicted molar refractivity (Wildman–Crippen MR) is 260 cm³/mol. The summed E-state index contributed by atoms with van der Waals surface area (Å²) in [6.07, 6.45) is 9.15. The summed E-state index contributed by atoms with van der Waals surface area (Å²) in [4.78, 5) is 3.88. The molecule has 1 spiro atoms. The van der Waals surface area contributed by atoms with Crippen LogP contribution in [0.25, 0.3) is 42.4 Å². The highest BCUT2D eigenvalue weighted by Gasteiger charge is 2.53. The highest BCUT2D eigenvalue weighted by atomic mass is 32.2. The molecule has 1 aliphatic heterocycles. The molecule has 0 amide bonds. The van der Waals surface area contributed by atoms with Crippen molar-refractivity contribution in [3.8, 4) is 22.3 Å². The number of thiophene rings is 1. The third-order valence-electron chi connectivity index (χ3n) is 14.1. The lowest BCUT2D eigenvalue weighted by Gasteiger charge is -2.46. The van der Waals surface area contributed by atoms with Gasteiger partial charge in [-0.1, -0.05) is 166 Å². The number of allylic oxidation sites excluding steroid dienone is 3. The maximum absolute atomic E-state index is 2.51. The summed E-state index contributed by atoms with van der Waals surface area (Å²) in [7, 11) is 0. The van der Waals surface area contributed by atoms with Crippen LogP contribution in [-0.4, -0.2) is 5.25 Å². The molecular weight excluding hydrogens is 775 g/mol. The first-order chi connectivity index (χ1) is 30.0. The molecule has 2 atom stereocenters. The van der Waals surface area contributed by atoms with E-state index in [4.69, 9.17) is 0 Å². The lowest BCUT2D eigenvalue weighted by atomic mass is 9.55. The standard InChI is InChI=1S/C58H41NS2/c1-57(2)47-19-7-9-21-49(47)58(50-22-10-8-20-48(50)57)46-18-6-3-14-40(46)41-32-28-37(34-51(41)58)36-26-29-38(30-27-36)59(39-31-33-55-45(35-39)43-16-5-11-24-53(43)60-55)52-23-13-17-44-42-15-4-12-25-54(42)61-56(44)52/h3-35,43,53H,1-2H3. The van der Waals surface area contributed by atoms with Crippen LogP contribution in [0.15, 0.2) is 205 Å². The number of hydrogen-bond acceptors (Lipinski definition) is 3. The predicted octanol–water partition coefficient (Wildman–Crippen LogP) is 15.9. The third-order valence-corrected chi connectivity index (χ3v) is 16.7. The summed E-state index contributed by atoms with van der Waals surface area (Å²) >= 11 is 3.88. The monoisotopic (exact) mass is 815 g/mol. The minimum atomic E-state index is -0.418. The Kier molecular flexibility index (Phi) is 7.57. The van der Waals surface area contributed by atoms with Crippen LogP contribution in [0.1, 0.15) is 58.7 Å². The second-order valence-electron chi connectivity index (χ2n) is 17.5. The van der Waals surface area contributed by atoms with E-state index >= 15 is 0 Å². The molecule has 3 aliphatic carbocycles. The number of thioether (sulfide) groups is 1. The number of hydrogen-bond donors (Lipinski definition) is 0. The average molecular weight is 816 g/mol. The van der Waals surface area contributed by atoms with Gasteiger partial charge >= 0.3 is 0 Å². The van der Waals surface area contributed by atoms with E-state index in [1.807, 2.05) is 23.1 Å². The van der Waals surface area contributed by atoms with E-state index < -0.39 is 5.41 Å². The molecular formula is C58H41NS2. The average Bonchev–Trinajstić information content (AvgIpc) is 3.97. The highest BCUT2D eigenvalue weighted by molar-refractivity contribution is 8.00. The van der Waals surface area contributed by atoms with E-state index in [1.165, 1.54) is 97.6 Å². The molecule has 0 radical (unpaired) electrons. The molecule has 1 nitrogen and oxygen atoms in total. The summed E-state index contributed by atoms with van der Waals surface area (Å²) < 4.78 is 2.62. The molecule has 0 saturated carbocycles. The molecule has 61 heavy (non-hydrogen) atoms. The number of anilines is 3. The van der Waals surface area contributed by atoms with Gasteiger partial charge in [0, 0.05) is 48.3 Å². The quantitative estimate of drug-likeness (QED) is 0.174. The molecule has 3 heteroatoms. The van der Waals surface area contributed by atoms with Crippen molar-refractivity contribution >= 4 is 60.3 Å². The molecule has 0 saturated heterocycles. The van der Waals surface area contributed by atoms with E-state index in [-0.39, 0.29) is 5.41 Å². The normalized spacial score (nSPS) is 18.1. The van der Waals surface area contributed by atoms with Gasteiger partial charge < -0.3 is 4.90 Å². The van der Waals surface area contributed by atoms with E-state index in [0.29, 0.717) is 11.2 Å². The first kappa shape index (κ1) is 35.4. The van der Waals surface area contributed by atoms with E-state index in [2.05, 4.69) is 219 Å². The van der Waals surface area contributed by atoms with Crippen LogP contribution >= 0.6 is 23.1 Å². The van der Waals surface area contributed by atoms with Crippen LogP contribution in [0.3, 0.4) is 0 Å². The maximum atomic E-state index is 2.51. The van der Waals surface area contributed by atoms with E-state index in [9.17, 15) is 0 Å². The van der Waals surface area contributed by atoms with Gasteiger partial charge in [0.25, 0.3) is 0 Å². The van der Waals surface area contributed by atoms with Gasteiger partial charge in [-0.2, -0.15) is 0 Å². The van der Waals surface area contributed by atoms with Crippen LogP contribution in [0.2, 0.25) is 0 Å². The maximum Gasteiger partial charge on any atom is 0.0719 e. The smallest absolute Gasteiger partial charge is 0.0719 e. The molecule has 290 valence electrons. The van der Waals surface area contributed by atoms with Crippen LogP contribution in [0, 0.1) is 0 Å². The van der Waals surface area contributed by atoms with Crippen molar-refractivity contribution in [1.29, 1.82) is 0 Å². The summed E-state index contributed by atoms with van der Waals surface area (Å²) in [6.45, 7) is 4.79. The number of benzene rings is 8. The Morgan fingerprint density at radius 1 is 0.492 bits per heavy atom. The van der Waals surface area contributed by atoms with Crippen LogP contribution in [0.4, 0.5) is 17.1 Å². The molecule has 8 aromatic carbocycles. The van der Waals surface area contributed by atoms with E-state index in [1.54, 1.807) is 0 Å². The fourth-order valence-electron chi connectivity index (χ4n) is 11.3.